The highest BCUT2D eigenvalue weighted by Gasteiger charge is 2.46. The number of carboxylic acid groups (broad SMARTS) is 1. The Morgan fingerprint density at radius 1 is 0.970 bits per heavy atom. The molecule has 2 atom stereocenters. The van der Waals surface area contributed by atoms with Gasteiger partial charge < -0.3 is 20.5 Å². The number of alkyl carbamates (subject to hydrolysis) is 1. The molecule has 3 aliphatic rings. The molecule has 0 saturated heterocycles. The van der Waals surface area contributed by atoms with Crippen molar-refractivity contribution in [1.82, 2.24) is 10.6 Å². The van der Waals surface area contributed by atoms with Crippen LogP contribution in [0.15, 0.2) is 60.7 Å². The summed E-state index contributed by atoms with van der Waals surface area (Å²) < 4.78 is 5.57. The lowest BCUT2D eigenvalue weighted by atomic mass is 9.76. The Labute approximate surface area is 191 Å². The minimum Gasteiger partial charge on any atom is -0.480 e. The fourth-order valence-corrected chi connectivity index (χ4v) is 5.04. The first-order valence-corrected chi connectivity index (χ1v) is 11.3. The van der Waals surface area contributed by atoms with Crippen LogP contribution in [-0.2, 0) is 14.3 Å². The van der Waals surface area contributed by atoms with Crippen LogP contribution in [0.3, 0.4) is 0 Å². The van der Waals surface area contributed by atoms with Crippen LogP contribution in [0.1, 0.15) is 42.7 Å². The Kier molecular flexibility index (Phi) is 5.40. The zero-order valence-corrected chi connectivity index (χ0v) is 18.1. The highest BCUT2D eigenvalue weighted by Crippen LogP contribution is 2.44. The number of hydrogen-bond acceptors (Lipinski definition) is 4. The van der Waals surface area contributed by atoms with Gasteiger partial charge in [0, 0.05) is 5.92 Å². The predicted molar refractivity (Wildman–Crippen MR) is 122 cm³/mol. The molecule has 1 saturated carbocycles. The average Bonchev–Trinajstić information content (AvgIpc) is 3.37. The maximum atomic E-state index is 12.6. The number of fused-ring (bicyclic) bond motifs is 3. The fraction of sp³-hybridized carbons (Fsp3) is 0.346. The standard InChI is InChI=1S/C26H26N2O5/c29-23(28-26(24(30)31)12-5-13-26)16-10-11-17(14-16)27-25(32)33-15-22-20-8-3-1-6-18(20)19-7-2-4-9-21(19)22/h1-4,6-11,16-17,22H,5,12-15H2,(H,27,32)(H,28,29)(H,30,31). The highest BCUT2D eigenvalue weighted by molar-refractivity contribution is 5.90. The molecule has 7 heteroatoms. The second-order valence-corrected chi connectivity index (χ2v) is 9.03. The number of ether oxygens (including phenoxy) is 1. The quantitative estimate of drug-likeness (QED) is 0.588. The molecule has 3 aliphatic carbocycles. The normalized spacial score (nSPS) is 22.1. The number of carboxylic acids is 1. The fourth-order valence-electron chi connectivity index (χ4n) is 5.04. The molecule has 3 N–H and O–H groups in total. The van der Waals surface area contributed by atoms with Crippen molar-refractivity contribution in [1.29, 1.82) is 0 Å². The summed E-state index contributed by atoms with van der Waals surface area (Å²) in [5.41, 5.74) is 3.49. The lowest BCUT2D eigenvalue weighted by molar-refractivity contribution is -0.152. The summed E-state index contributed by atoms with van der Waals surface area (Å²) in [6.07, 6.45) is 5.02. The largest absolute Gasteiger partial charge is 0.480 e. The molecule has 2 aromatic rings. The zero-order chi connectivity index (χ0) is 23.0. The van der Waals surface area contributed by atoms with Gasteiger partial charge in [0.05, 0.1) is 12.0 Å². The Morgan fingerprint density at radius 3 is 2.18 bits per heavy atom. The van der Waals surface area contributed by atoms with Gasteiger partial charge in [-0.15, -0.1) is 0 Å². The Hall–Kier alpha value is -3.61. The van der Waals surface area contributed by atoms with Crippen LogP contribution in [0, 0.1) is 5.92 Å². The molecular formula is C26H26N2O5. The molecule has 33 heavy (non-hydrogen) atoms. The SMILES string of the molecule is O=C(NC1C=CC(C(=O)NC2(C(=O)O)CCC2)C1)OCC1c2ccccc2-c2ccccc21. The van der Waals surface area contributed by atoms with E-state index in [1.54, 1.807) is 12.2 Å². The van der Waals surface area contributed by atoms with E-state index in [9.17, 15) is 19.5 Å². The van der Waals surface area contributed by atoms with Crippen LogP contribution in [-0.4, -0.2) is 41.3 Å². The van der Waals surface area contributed by atoms with Crippen LogP contribution < -0.4 is 10.6 Å². The van der Waals surface area contributed by atoms with Crippen molar-refractivity contribution in [2.24, 2.45) is 5.92 Å². The molecule has 0 aliphatic heterocycles. The van der Waals surface area contributed by atoms with E-state index in [2.05, 4.69) is 34.9 Å². The first-order chi connectivity index (χ1) is 16.0. The van der Waals surface area contributed by atoms with E-state index in [0.29, 0.717) is 19.3 Å². The predicted octanol–water partition coefficient (Wildman–Crippen LogP) is 3.59. The minimum absolute atomic E-state index is 0.0181. The van der Waals surface area contributed by atoms with E-state index >= 15 is 0 Å². The average molecular weight is 447 g/mol. The first kappa shape index (κ1) is 21.2. The van der Waals surface area contributed by atoms with Gasteiger partial charge in [-0.05, 0) is 47.9 Å². The lowest BCUT2D eigenvalue weighted by Crippen LogP contribution is -2.60. The van der Waals surface area contributed by atoms with Crippen molar-refractivity contribution in [2.45, 2.75) is 43.2 Å². The van der Waals surface area contributed by atoms with E-state index in [4.69, 9.17) is 4.74 Å². The molecular weight excluding hydrogens is 420 g/mol. The number of rotatable bonds is 6. The van der Waals surface area contributed by atoms with E-state index in [1.807, 2.05) is 24.3 Å². The van der Waals surface area contributed by atoms with Crippen LogP contribution in [0.25, 0.3) is 11.1 Å². The van der Waals surface area contributed by atoms with Crippen LogP contribution in [0.4, 0.5) is 4.79 Å². The third-order valence-electron chi connectivity index (χ3n) is 7.05. The van der Waals surface area contributed by atoms with Gasteiger partial charge in [0.15, 0.2) is 0 Å². The van der Waals surface area contributed by atoms with Crippen LogP contribution in [0.5, 0.6) is 0 Å². The highest BCUT2D eigenvalue weighted by atomic mass is 16.5. The van der Waals surface area contributed by atoms with Crippen molar-refractivity contribution in [2.75, 3.05) is 6.61 Å². The van der Waals surface area contributed by atoms with Crippen LogP contribution in [0.2, 0.25) is 0 Å². The van der Waals surface area contributed by atoms with Gasteiger partial charge in [0.25, 0.3) is 0 Å². The summed E-state index contributed by atoms with van der Waals surface area (Å²) in [6, 6.07) is 16.0. The summed E-state index contributed by atoms with van der Waals surface area (Å²) in [6.45, 7) is 0.224. The van der Waals surface area contributed by atoms with E-state index in [-0.39, 0.29) is 24.5 Å². The molecule has 2 aromatic carbocycles. The Bertz CT molecular complexity index is 1090. The number of carbonyl (C=O) groups excluding carboxylic acids is 2. The first-order valence-electron chi connectivity index (χ1n) is 11.3. The second-order valence-electron chi connectivity index (χ2n) is 9.03. The molecule has 0 radical (unpaired) electrons. The maximum absolute atomic E-state index is 12.6. The number of hydrogen-bond donors (Lipinski definition) is 3. The Balaban J connectivity index is 1.15. The smallest absolute Gasteiger partial charge is 0.407 e. The lowest BCUT2D eigenvalue weighted by Gasteiger charge is -2.38. The summed E-state index contributed by atoms with van der Waals surface area (Å²) in [5.74, 6) is -1.79. The summed E-state index contributed by atoms with van der Waals surface area (Å²) >= 11 is 0. The summed E-state index contributed by atoms with van der Waals surface area (Å²) in [4.78, 5) is 36.5. The number of amides is 2. The van der Waals surface area contributed by atoms with E-state index in [0.717, 1.165) is 17.5 Å². The molecule has 2 unspecified atom stereocenters. The van der Waals surface area contributed by atoms with Gasteiger partial charge in [-0.1, -0.05) is 60.7 Å². The topological polar surface area (TPSA) is 105 Å². The Morgan fingerprint density at radius 2 is 1.61 bits per heavy atom. The monoisotopic (exact) mass is 446 g/mol. The molecule has 7 nitrogen and oxygen atoms in total. The molecule has 0 aromatic heterocycles. The van der Waals surface area contributed by atoms with Gasteiger partial charge >= 0.3 is 12.1 Å². The number of nitrogens with one attached hydrogen (secondary N) is 2. The molecule has 0 heterocycles. The number of carbonyl (C=O) groups is 3. The second kappa shape index (κ2) is 8.39. The van der Waals surface area contributed by atoms with E-state index in [1.165, 1.54) is 11.1 Å². The molecule has 5 rings (SSSR count). The van der Waals surface area contributed by atoms with Crippen molar-refractivity contribution < 1.29 is 24.2 Å². The van der Waals surface area contributed by atoms with Crippen molar-refractivity contribution in [3.05, 3.63) is 71.8 Å². The molecule has 1 fully saturated rings. The van der Waals surface area contributed by atoms with E-state index < -0.39 is 23.5 Å². The van der Waals surface area contributed by atoms with Crippen molar-refractivity contribution in [3.63, 3.8) is 0 Å². The molecule has 0 spiro atoms. The van der Waals surface area contributed by atoms with Gasteiger partial charge in [-0.2, -0.15) is 0 Å². The zero-order valence-electron chi connectivity index (χ0n) is 18.1. The number of aliphatic carboxylic acids is 1. The third-order valence-corrected chi connectivity index (χ3v) is 7.05. The summed E-state index contributed by atoms with van der Waals surface area (Å²) in [5, 5.41) is 14.9. The minimum atomic E-state index is -1.14. The number of benzene rings is 2. The van der Waals surface area contributed by atoms with Crippen LogP contribution >= 0.6 is 0 Å². The molecule has 170 valence electrons. The van der Waals surface area contributed by atoms with Crippen molar-refractivity contribution >= 4 is 18.0 Å². The van der Waals surface area contributed by atoms with Gasteiger partial charge in [0.2, 0.25) is 5.91 Å². The van der Waals surface area contributed by atoms with Gasteiger partial charge in [-0.25, -0.2) is 9.59 Å². The molecule has 0 bridgehead atoms. The summed E-state index contributed by atoms with van der Waals surface area (Å²) in [7, 11) is 0. The van der Waals surface area contributed by atoms with Gasteiger partial charge in [-0.3, -0.25) is 4.79 Å². The van der Waals surface area contributed by atoms with Crippen molar-refractivity contribution in [3.8, 4) is 11.1 Å². The molecule has 2 amide bonds. The van der Waals surface area contributed by atoms with Gasteiger partial charge in [0.1, 0.15) is 12.1 Å². The maximum Gasteiger partial charge on any atom is 0.407 e. The third kappa shape index (κ3) is 3.88.